The van der Waals surface area contributed by atoms with Crippen molar-refractivity contribution in [1.29, 1.82) is 0 Å². The van der Waals surface area contributed by atoms with Crippen LogP contribution in [0, 0.1) is 0 Å². The van der Waals surface area contributed by atoms with Crippen molar-refractivity contribution in [2.75, 3.05) is 0 Å². The van der Waals surface area contributed by atoms with Crippen LogP contribution in [0.5, 0.6) is 5.75 Å². The average Bonchev–Trinajstić information content (AvgIpc) is 3.01. The number of ether oxygens (including phenoxy) is 1. The first-order valence-corrected chi connectivity index (χ1v) is 5.71. The summed E-state index contributed by atoms with van der Waals surface area (Å²) in [6.45, 7) is 4.68. The molecule has 16 heavy (non-hydrogen) atoms. The SMILES string of the molecule is CC(C)Oc1c(CN)cccc1C1CC1.Cl. The van der Waals surface area contributed by atoms with Crippen LogP contribution in [0.15, 0.2) is 18.2 Å². The number of hydrogen-bond donors (Lipinski definition) is 1. The summed E-state index contributed by atoms with van der Waals surface area (Å²) < 4.78 is 5.89. The molecule has 1 aromatic carbocycles. The van der Waals surface area contributed by atoms with Crippen LogP contribution in [0.3, 0.4) is 0 Å². The van der Waals surface area contributed by atoms with E-state index in [4.69, 9.17) is 10.5 Å². The predicted octanol–water partition coefficient (Wildman–Crippen LogP) is 3.23. The molecule has 0 aliphatic heterocycles. The molecule has 2 N–H and O–H groups in total. The number of rotatable bonds is 4. The highest BCUT2D eigenvalue weighted by molar-refractivity contribution is 5.85. The van der Waals surface area contributed by atoms with Gasteiger partial charge in [-0.15, -0.1) is 12.4 Å². The second kappa shape index (κ2) is 5.55. The standard InChI is InChI=1S/C13H19NO.ClH/c1-9(2)15-13-11(8-14)4-3-5-12(13)10-6-7-10;/h3-5,9-10H,6-8,14H2,1-2H3;1H. The van der Waals surface area contributed by atoms with E-state index in [1.807, 2.05) is 0 Å². The maximum absolute atomic E-state index is 5.89. The summed E-state index contributed by atoms with van der Waals surface area (Å²) in [5, 5.41) is 0. The van der Waals surface area contributed by atoms with E-state index in [0.717, 1.165) is 11.3 Å². The lowest BCUT2D eigenvalue weighted by atomic mass is 10.0. The zero-order valence-corrected chi connectivity index (χ0v) is 10.7. The zero-order valence-electron chi connectivity index (χ0n) is 9.90. The van der Waals surface area contributed by atoms with Crippen molar-refractivity contribution in [2.24, 2.45) is 5.73 Å². The minimum Gasteiger partial charge on any atom is -0.490 e. The Hall–Kier alpha value is -0.730. The molecule has 0 radical (unpaired) electrons. The van der Waals surface area contributed by atoms with Crippen LogP contribution in [0.25, 0.3) is 0 Å². The Kier molecular flexibility index (Phi) is 4.63. The second-order valence-electron chi connectivity index (χ2n) is 4.48. The van der Waals surface area contributed by atoms with Gasteiger partial charge in [0, 0.05) is 12.1 Å². The fraction of sp³-hybridized carbons (Fsp3) is 0.538. The number of para-hydroxylation sites is 1. The minimum absolute atomic E-state index is 0. The fourth-order valence-corrected chi connectivity index (χ4v) is 1.86. The van der Waals surface area contributed by atoms with Crippen LogP contribution in [0.1, 0.15) is 43.7 Å². The maximum atomic E-state index is 5.89. The third-order valence-electron chi connectivity index (χ3n) is 2.72. The molecule has 3 heteroatoms. The van der Waals surface area contributed by atoms with E-state index in [-0.39, 0.29) is 18.5 Å². The van der Waals surface area contributed by atoms with E-state index < -0.39 is 0 Å². The molecule has 1 aliphatic rings. The highest BCUT2D eigenvalue weighted by atomic mass is 35.5. The predicted molar refractivity (Wildman–Crippen MR) is 69.3 cm³/mol. The van der Waals surface area contributed by atoms with E-state index in [1.54, 1.807) is 0 Å². The van der Waals surface area contributed by atoms with Crippen molar-refractivity contribution in [1.82, 2.24) is 0 Å². The molecule has 1 aliphatic carbocycles. The molecule has 1 aromatic rings. The molecule has 2 nitrogen and oxygen atoms in total. The Balaban J connectivity index is 0.00000128. The van der Waals surface area contributed by atoms with Crippen LogP contribution in [0.4, 0.5) is 0 Å². The third kappa shape index (κ3) is 2.89. The zero-order chi connectivity index (χ0) is 10.8. The molecule has 0 amide bonds. The number of benzene rings is 1. The molecule has 1 saturated carbocycles. The molecule has 0 bridgehead atoms. The van der Waals surface area contributed by atoms with Crippen molar-refractivity contribution in [2.45, 2.75) is 45.3 Å². The molecule has 2 rings (SSSR count). The van der Waals surface area contributed by atoms with E-state index in [2.05, 4.69) is 32.0 Å². The van der Waals surface area contributed by atoms with Gasteiger partial charge in [-0.1, -0.05) is 18.2 Å². The molecule has 1 fully saturated rings. The first kappa shape index (κ1) is 13.3. The summed E-state index contributed by atoms with van der Waals surface area (Å²) in [7, 11) is 0. The van der Waals surface area contributed by atoms with Crippen molar-refractivity contribution in [3.8, 4) is 5.75 Å². The van der Waals surface area contributed by atoms with Gasteiger partial charge in [0.1, 0.15) is 5.75 Å². The molecule has 0 atom stereocenters. The number of hydrogen-bond acceptors (Lipinski definition) is 2. The fourth-order valence-electron chi connectivity index (χ4n) is 1.86. The number of halogens is 1. The summed E-state index contributed by atoms with van der Waals surface area (Å²) in [5.41, 5.74) is 8.22. The van der Waals surface area contributed by atoms with Crippen LogP contribution < -0.4 is 10.5 Å². The van der Waals surface area contributed by atoms with Crippen molar-refractivity contribution >= 4 is 12.4 Å². The normalized spacial score (nSPS) is 14.8. The van der Waals surface area contributed by atoms with Crippen LogP contribution in [0.2, 0.25) is 0 Å². The Labute approximate surface area is 104 Å². The summed E-state index contributed by atoms with van der Waals surface area (Å²) >= 11 is 0. The first-order valence-electron chi connectivity index (χ1n) is 5.71. The van der Waals surface area contributed by atoms with Crippen LogP contribution in [-0.4, -0.2) is 6.10 Å². The van der Waals surface area contributed by atoms with Crippen molar-refractivity contribution < 1.29 is 4.74 Å². The average molecular weight is 242 g/mol. The summed E-state index contributed by atoms with van der Waals surface area (Å²) in [6.07, 6.45) is 2.81. The summed E-state index contributed by atoms with van der Waals surface area (Å²) in [4.78, 5) is 0. The van der Waals surface area contributed by atoms with E-state index in [1.165, 1.54) is 18.4 Å². The molecule has 0 unspecified atom stereocenters. The molecular formula is C13H20ClNO. The summed E-state index contributed by atoms with van der Waals surface area (Å²) in [5.74, 6) is 1.75. The highest BCUT2D eigenvalue weighted by Gasteiger charge is 2.27. The minimum atomic E-state index is 0. The van der Waals surface area contributed by atoms with Gasteiger partial charge >= 0.3 is 0 Å². The topological polar surface area (TPSA) is 35.2 Å². The molecule has 90 valence electrons. The van der Waals surface area contributed by atoms with Crippen LogP contribution >= 0.6 is 12.4 Å². The molecule has 0 heterocycles. The molecular weight excluding hydrogens is 222 g/mol. The Morgan fingerprint density at radius 1 is 1.38 bits per heavy atom. The highest BCUT2D eigenvalue weighted by Crippen LogP contribution is 2.45. The van der Waals surface area contributed by atoms with Gasteiger partial charge in [0.25, 0.3) is 0 Å². The first-order chi connectivity index (χ1) is 7.22. The Bertz CT molecular complexity index is 348. The van der Waals surface area contributed by atoms with Gasteiger partial charge in [-0.3, -0.25) is 0 Å². The van der Waals surface area contributed by atoms with Crippen molar-refractivity contribution in [3.63, 3.8) is 0 Å². The van der Waals surface area contributed by atoms with Gasteiger partial charge in [-0.05, 0) is 38.2 Å². The maximum Gasteiger partial charge on any atom is 0.127 e. The monoisotopic (exact) mass is 241 g/mol. The molecule has 0 aromatic heterocycles. The van der Waals surface area contributed by atoms with E-state index >= 15 is 0 Å². The van der Waals surface area contributed by atoms with Gasteiger partial charge < -0.3 is 10.5 Å². The lowest BCUT2D eigenvalue weighted by molar-refractivity contribution is 0.237. The molecule has 0 spiro atoms. The van der Waals surface area contributed by atoms with E-state index in [9.17, 15) is 0 Å². The van der Waals surface area contributed by atoms with Gasteiger partial charge in [-0.2, -0.15) is 0 Å². The van der Waals surface area contributed by atoms with E-state index in [0.29, 0.717) is 12.5 Å². The Morgan fingerprint density at radius 3 is 2.56 bits per heavy atom. The Morgan fingerprint density at radius 2 is 2.06 bits per heavy atom. The lowest BCUT2D eigenvalue weighted by Gasteiger charge is -2.17. The van der Waals surface area contributed by atoms with Crippen LogP contribution in [-0.2, 0) is 6.54 Å². The number of nitrogens with two attached hydrogens (primary N) is 1. The van der Waals surface area contributed by atoms with Gasteiger partial charge in [-0.25, -0.2) is 0 Å². The summed E-state index contributed by atoms with van der Waals surface area (Å²) in [6, 6.07) is 6.32. The lowest BCUT2D eigenvalue weighted by Crippen LogP contribution is -2.11. The van der Waals surface area contributed by atoms with Gasteiger partial charge in [0.2, 0.25) is 0 Å². The quantitative estimate of drug-likeness (QED) is 0.879. The molecule has 0 saturated heterocycles. The van der Waals surface area contributed by atoms with Crippen molar-refractivity contribution in [3.05, 3.63) is 29.3 Å². The third-order valence-corrected chi connectivity index (χ3v) is 2.72. The van der Waals surface area contributed by atoms with Gasteiger partial charge in [0.05, 0.1) is 6.10 Å². The second-order valence-corrected chi connectivity index (χ2v) is 4.48. The largest absolute Gasteiger partial charge is 0.490 e. The van der Waals surface area contributed by atoms with Gasteiger partial charge in [0.15, 0.2) is 0 Å². The smallest absolute Gasteiger partial charge is 0.127 e.